The molecule has 1 unspecified atom stereocenters. The molecule has 3 rings (SSSR count). The van der Waals surface area contributed by atoms with Gasteiger partial charge in [0, 0.05) is 31.7 Å². The van der Waals surface area contributed by atoms with Crippen LogP contribution in [0.4, 0.5) is 0 Å². The van der Waals surface area contributed by atoms with Gasteiger partial charge in [0.25, 0.3) is 0 Å². The predicted molar refractivity (Wildman–Crippen MR) is 85.0 cm³/mol. The number of likely N-dealkylation sites (tertiary alicyclic amines) is 1. The standard InChI is InChI=1S/C17H33N3/c1-3-20-11-4-5-16(20)13-19(2)12-10-18-17(14-6-7-14)15-8-9-15/h14-18H,3-13H2,1-2H3. The molecule has 3 fully saturated rings. The van der Waals surface area contributed by atoms with E-state index in [4.69, 9.17) is 0 Å². The lowest BCUT2D eigenvalue weighted by Crippen LogP contribution is -2.43. The number of nitrogens with zero attached hydrogens (tertiary/aromatic N) is 2. The Balaban J connectivity index is 1.33. The molecule has 116 valence electrons. The molecule has 1 saturated heterocycles. The van der Waals surface area contributed by atoms with E-state index in [9.17, 15) is 0 Å². The van der Waals surface area contributed by atoms with Crippen molar-refractivity contribution in [2.45, 2.75) is 57.5 Å². The molecule has 0 bridgehead atoms. The van der Waals surface area contributed by atoms with Gasteiger partial charge in [0.2, 0.25) is 0 Å². The summed E-state index contributed by atoms with van der Waals surface area (Å²) in [5.41, 5.74) is 0. The molecule has 2 aliphatic carbocycles. The van der Waals surface area contributed by atoms with Gasteiger partial charge in [0.15, 0.2) is 0 Å². The molecule has 3 heteroatoms. The average Bonchev–Trinajstić information content (AvgIpc) is 3.34. The molecule has 0 aromatic rings. The van der Waals surface area contributed by atoms with E-state index in [0.29, 0.717) is 0 Å². The Labute approximate surface area is 125 Å². The van der Waals surface area contributed by atoms with Crippen molar-refractivity contribution in [3.63, 3.8) is 0 Å². The topological polar surface area (TPSA) is 18.5 Å². The quantitative estimate of drug-likeness (QED) is 0.698. The lowest BCUT2D eigenvalue weighted by Gasteiger charge is -2.28. The lowest BCUT2D eigenvalue weighted by molar-refractivity contribution is 0.197. The minimum absolute atomic E-state index is 0.813. The molecule has 0 aromatic carbocycles. The molecule has 3 nitrogen and oxygen atoms in total. The molecule has 0 radical (unpaired) electrons. The van der Waals surface area contributed by atoms with Crippen molar-refractivity contribution in [3.8, 4) is 0 Å². The minimum atomic E-state index is 0.813. The van der Waals surface area contributed by atoms with Crippen molar-refractivity contribution in [2.24, 2.45) is 11.8 Å². The Bertz CT molecular complexity index is 287. The highest BCUT2D eigenvalue weighted by Gasteiger charge is 2.40. The van der Waals surface area contributed by atoms with Gasteiger partial charge in [0.1, 0.15) is 0 Å². The Morgan fingerprint density at radius 2 is 1.85 bits per heavy atom. The zero-order valence-electron chi connectivity index (χ0n) is 13.5. The summed E-state index contributed by atoms with van der Waals surface area (Å²) in [7, 11) is 2.30. The third-order valence-electron chi connectivity index (χ3n) is 5.56. The SMILES string of the molecule is CCN1CCCC1CN(C)CCNC(C1CC1)C1CC1. The van der Waals surface area contributed by atoms with E-state index in [1.165, 1.54) is 71.2 Å². The van der Waals surface area contributed by atoms with E-state index < -0.39 is 0 Å². The van der Waals surface area contributed by atoms with Crippen LogP contribution in [0.15, 0.2) is 0 Å². The van der Waals surface area contributed by atoms with Crippen LogP contribution < -0.4 is 5.32 Å². The van der Waals surface area contributed by atoms with Gasteiger partial charge in [-0.05, 0) is 70.5 Å². The van der Waals surface area contributed by atoms with E-state index in [1.807, 2.05) is 0 Å². The maximum atomic E-state index is 3.87. The summed E-state index contributed by atoms with van der Waals surface area (Å²) in [5, 5.41) is 3.87. The fourth-order valence-electron chi connectivity index (χ4n) is 4.02. The summed E-state index contributed by atoms with van der Waals surface area (Å²) >= 11 is 0. The maximum Gasteiger partial charge on any atom is 0.0223 e. The number of hydrogen-bond acceptors (Lipinski definition) is 3. The second-order valence-electron chi connectivity index (χ2n) is 7.34. The van der Waals surface area contributed by atoms with Gasteiger partial charge < -0.3 is 10.2 Å². The first kappa shape index (κ1) is 14.8. The lowest BCUT2D eigenvalue weighted by atomic mass is 10.1. The van der Waals surface area contributed by atoms with Gasteiger partial charge in [0.05, 0.1) is 0 Å². The Morgan fingerprint density at radius 3 is 2.45 bits per heavy atom. The summed E-state index contributed by atoms with van der Waals surface area (Å²) in [4.78, 5) is 5.20. The van der Waals surface area contributed by atoms with Gasteiger partial charge in [-0.15, -0.1) is 0 Å². The van der Waals surface area contributed by atoms with Gasteiger partial charge in [-0.3, -0.25) is 4.90 Å². The zero-order valence-corrected chi connectivity index (χ0v) is 13.5. The van der Waals surface area contributed by atoms with Gasteiger partial charge in [-0.25, -0.2) is 0 Å². The maximum absolute atomic E-state index is 3.87. The summed E-state index contributed by atoms with van der Waals surface area (Å²) in [5.74, 6) is 2.05. The summed E-state index contributed by atoms with van der Waals surface area (Å²) < 4.78 is 0. The summed E-state index contributed by atoms with van der Waals surface area (Å²) in [6.07, 6.45) is 8.73. The molecular formula is C17H33N3. The summed E-state index contributed by atoms with van der Waals surface area (Å²) in [6.45, 7) is 8.50. The first-order valence-corrected chi connectivity index (χ1v) is 8.94. The fraction of sp³-hybridized carbons (Fsp3) is 1.00. The van der Waals surface area contributed by atoms with Crippen LogP contribution in [-0.4, -0.2) is 61.7 Å². The van der Waals surface area contributed by atoms with Crippen LogP contribution in [0.2, 0.25) is 0 Å². The normalized spacial score (nSPS) is 27.9. The average molecular weight is 279 g/mol. The molecule has 1 aliphatic heterocycles. The third-order valence-corrected chi connectivity index (χ3v) is 5.56. The largest absolute Gasteiger partial charge is 0.312 e. The highest BCUT2D eigenvalue weighted by molar-refractivity contribution is 4.96. The molecule has 0 spiro atoms. The molecule has 3 aliphatic rings. The van der Waals surface area contributed by atoms with Crippen molar-refractivity contribution in [1.82, 2.24) is 15.1 Å². The molecular weight excluding hydrogens is 246 g/mol. The van der Waals surface area contributed by atoms with E-state index >= 15 is 0 Å². The first-order chi connectivity index (χ1) is 9.78. The molecule has 1 atom stereocenters. The second-order valence-corrected chi connectivity index (χ2v) is 7.34. The van der Waals surface area contributed by atoms with Gasteiger partial charge >= 0.3 is 0 Å². The van der Waals surface area contributed by atoms with Crippen molar-refractivity contribution in [3.05, 3.63) is 0 Å². The predicted octanol–water partition coefficient (Wildman–Crippen LogP) is 2.18. The first-order valence-electron chi connectivity index (χ1n) is 8.94. The van der Waals surface area contributed by atoms with Gasteiger partial charge in [-0.1, -0.05) is 6.92 Å². The molecule has 20 heavy (non-hydrogen) atoms. The second kappa shape index (κ2) is 6.76. The molecule has 0 amide bonds. The smallest absolute Gasteiger partial charge is 0.0223 e. The van der Waals surface area contributed by atoms with E-state index in [2.05, 4.69) is 29.1 Å². The molecule has 2 saturated carbocycles. The van der Waals surface area contributed by atoms with Gasteiger partial charge in [-0.2, -0.15) is 0 Å². The van der Waals surface area contributed by atoms with Crippen molar-refractivity contribution >= 4 is 0 Å². The monoisotopic (exact) mass is 279 g/mol. The number of likely N-dealkylation sites (N-methyl/N-ethyl adjacent to an activating group) is 2. The van der Waals surface area contributed by atoms with Crippen LogP contribution >= 0.6 is 0 Å². The van der Waals surface area contributed by atoms with Crippen LogP contribution in [0.5, 0.6) is 0 Å². The Morgan fingerprint density at radius 1 is 1.15 bits per heavy atom. The molecule has 0 aromatic heterocycles. The van der Waals surface area contributed by atoms with E-state index in [0.717, 1.165) is 23.9 Å². The third kappa shape index (κ3) is 3.96. The van der Waals surface area contributed by atoms with E-state index in [-0.39, 0.29) is 0 Å². The fourth-order valence-corrected chi connectivity index (χ4v) is 4.02. The van der Waals surface area contributed by atoms with E-state index in [1.54, 1.807) is 0 Å². The van der Waals surface area contributed by atoms with Crippen molar-refractivity contribution < 1.29 is 0 Å². The number of hydrogen-bond donors (Lipinski definition) is 1. The highest BCUT2D eigenvalue weighted by Crippen LogP contribution is 2.44. The van der Waals surface area contributed by atoms with Crippen LogP contribution in [0, 0.1) is 11.8 Å². The van der Waals surface area contributed by atoms with Crippen LogP contribution in [0.25, 0.3) is 0 Å². The number of rotatable bonds is 9. The van der Waals surface area contributed by atoms with Crippen LogP contribution in [-0.2, 0) is 0 Å². The molecule has 1 heterocycles. The zero-order chi connectivity index (χ0) is 13.9. The van der Waals surface area contributed by atoms with Crippen molar-refractivity contribution in [2.75, 3.05) is 39.8 Å². The summed E-state index contributed by atoms with van der Waals surface area (Å²) in [6, 6.07) is 1.68. The Hall–Kier alpha value is -0.120. The van der Waals surface area contributed by atoms with Crippen LogP contribution in [0.3, 0.4) is 0 Å². The van der Waals surface area contributed by atoms with Crippen LogP contribution in [0.1, 0.15) is 45.4 Å². The molecule has 1 N–H and O–H groups in total. The Kier molecular flexibility index (Phi) is 5.00. The van der Waals surface area contributed by atoms with Crippen molar-refractivity contribution in [1.29, 1.82) is 0 Å². The number of nitrogens with one attached hydrogen (secondary N) is 1. The minimum Gasteiger partial charge on any atom is -0.312 e. The highest BCUT2D eigenvalue weighted by atomic mass is 15.2.